The van der Waals surface area contributed by atoms with Crippen molar-refractivity contribution in [3.05, 3.63) is 54.1 Å². The smallest absolute Gasteiger partial charge is 0.0991 e. The highest BCUT2D eigenvalue weighted by Crippen LogP contribution is 2.25. The Morgan fingerprint density at radius 3 is 3.14 bits per heavy atom. The maximum absolute atomic E-state index is 4.06. The predicted octanol–water partition coefficient (Wildman–Crippen LogP) is 2.44. The summed E-state index contributed by atoms with van der Waals surface area (Å²) >= 11 is 0. The zero-order valence-corrected chi connectivity index (χ0v) is 7.72. The van der Waals surface area contributed by atoms with Gasteiger partial charge in [0.25, 0.3) is 0 Å². The molecule has 0 aliphatic heterocycles. The first-order valence-electron chi connectivity index (χ1n) is 4.72. The van der Waals surface area contributed by atoms with Crippen LogP contribution in [0.1, 0.15) is 11.1 Å². The van der Waals surface area contributed by atoms with Crippen LogP contribution in [0.5, 0.6) is 0 Å². The van der Waals surface area contributed by atoms with Crippen LogP contribution in [0.25, 0.3) is 11.8 Å². The topological polar surface area (TPSA) is 17.8 Å². The molecule has 0 bridgehead atoms. The molecule has 1 aromatic heterocycles. The summed E-state index contributed by atoms with van der Waals surface area (Å²) in [6, 6.07) is 6.40. The lowest BCUT2D eigenvalue weighted by Gasteiger charge is -2.07. The van der Waals surface area contributed by atoms with Gasteiger partial charge in [0.05, 0.1) is 12.0 Å². The fourth-order valence-corrected chi connectivity index (χ4v) is 1.90. The van der Waals surface area contributed by atoms with Crippen LogP contribution in [-0.4, -0.2) is 9.55 Å². The first-order chi connectivity index (χ1) is 6.95. The van der Waals surface area contributed by atoms with Crippen molar-refractivity contribution in [2.45, 2.75) is 6.42 Å². The summed E-state index contributed by atoms with van der Waals surface area (Å²) in [5, 5.41) is 0. The number of allylic oxidation sites excluding steroid dienone is 1. The molecule has 1 aliphatic rings. The average Bonchev–Trinajstić information content (AvgIpc) is 2.88. The first kappa shape index (κ1) is 7.56. The highest BCUT2D eigenvalue weighted by molar-refractivity contribution is 5.68. The van der Waals surface area contributed by atoms with Crippen LogP contribution in [0, 0.1) is 0 Å². The van der Waals surface area contributed by atoms with E-state index in [2.05, 4.69) is 39.9 Å². The van der Waals surface area contributed by atoms with Gasteiger partial charge in [0.1, 0.15) is 0 Å². The Bertz CT molecular complexity index is 481. The lowest BCUT2D eigenvalue weighted by molar-refractivity contribution is 1.05. The predicted molar refractivity (Wildman–Crippen MR) is 56.3 cm³/mol. The molecule has 0 N–H and O–H groups in total. The van der Waals surface area contributed by atoms with Crippen LogP contribution in [0.2, 0.25) is 0 Å². The molecule has 1 heterocycles. The Labute approximate surface area is 82.5 Å². The molecule has 68 valence electrons. The molecule has 1 aromatic carbocycles. The standard InChI is InChI=1S/C12H10N2/c1-3-10-4-2-6-12(11(10)5-1)14-8-7-13-9-14/h1-2,4-9H,3H2. The maximum Gasteiger partial charge on any atom is 0.0991 e. The second kappa shape index (κ2) is 2.84. The lowest BCUT2D eigenvalue weighted by Crippen LogP contribution is -1.94. The van der Waals surface area contributed by atoms with E-state index in [1.54, 1.807) is 6.20 Å². The molecule has 0 radical (unpaired) electrons. The normalized spacial score (nSPS) is 13.1. The van der Waals surface area contributed by atoms with Crippen molar-refractivity contribution in [2.24, 2.45) is 0 Å². The highest BCUT2D eigenvalue weighted by Gasteiger charge is 2.09. The molecule has 14 heavy (non-hydrogen) atoms. The van der Waals surface area contributed by atoms with Crippen LogP contribution in [0.3, 0.4) is 0 Å². The van der Waals surface area contributed by atoms with E-state index in [-0.39, 0.29) is 0 Å². The summed E-state index contributed by atoms with van der Waals surface area (Å²) in [6.45, 7) is 0. The highest BCUT2D eigenvalue weighted by atomic mass is 15.0. The number of aromatic nitrogens is 2. The van der Waals surface area contributed by atoms with Crippen LogP contribution in [0.15, 0.2) is 43.0 Å². The van der Waals surface area contributed by atoms with Gasteiger partial charge in [-0.05, 0) is 18.1 Å². The number of hydrogen-bond acceptors (Lipinski definition) is 1. The summed E-state index contributed by atoms with van der Waals surface area (Å²) in [6.07, 6.45) is 11.1. The zero-order valence-electron chi connectivity index (χ0n) is 7.72. The molecule has 0 saturated carbocycles. The second-order valence-electron chi connectivity index (χ2n) is 3.43. The van der Waals surface area contributed by atoms with E-state index in [1.807, 2.05) is 12.5 Å². The number of imidazole rings is 1. The molecular formula is C12H10N2. The maximum atomic E-state index is 4.06. The summed E-state index contributed by atoms with van der Waals surface area (Å²) < 4.78 is 2.05. The van der Waals surface area contributed by atoms with Crippen molar-refractivity contribution in [1.82, 2.24) is 9.55 Å². The van der Waals surface area contributed by atoms with E-state index >= 15 is 0 Å². The lowest BCUT2D eigenvalue weighted by atomic mass is 10.1. The van der Waals surface area contributed by atoms with Crippen LogP contribution in [-0.2, 0) is 6.42 Å². The van der Waals surface area contributed by atoms with Gasteiger partial charge in [-0.15, -0.1) is 0 Å². The van der Waals surface area contributed by atoms with Crippen molar-refractivity contribution in [3.63, 3.8) is 0 Å². The van der Waals surface area contributed by atoms with Gasteiger partial charge in [0.2, 0.25) is 0 Å². The molecule has 2 aromatic rings. The molecule has 0 atom stereocenters. The zero-order chi connectivity index (χ0) is 9.38. The van der Waals surface area contributed by atoms with Gasteiger partial charge >= 0.3 is 0 Å². The third-order valence-electron chi connectivity index (χ3n) is 2.58. The summed E-state index contributed by atoms with van der Waals surface area (Å²) in [4.78, 5) is 4.06. The molecule has 3 rings (SSSR count). The molecule has 2 nitrogen and oxygen atoms in total. The van der Waals surface area contributed by atoms with Gasteiger partial charge < -0.3 is 4.57 Å². The van der Waals surface area contributed by atoms with Crippen LogP contribution < -0.4 is 0 Å². The summed E-state index contributed by atoms with van der Waals surface area (Å²) in [5.74, 6) is 0. The number of hydrogen-bond donors (Lipinski definition) is 0. The van der Waals surface area contributed by atoms with Gasteiger partial charge in [-0.2, -0.15) is 0 Å². The summed E-state index contributed by atoms with van der Waals surface area (Å²) in [7, 11) is 0. The molecule has 0 saturated heterocycles. The fraction of sp³-hybridized carbons (Fsp3) is 0.0833. The van der Waals surface area contributed by atoms with E-state index in [0.717, 1.165) is 6.42 Å². The Hall–Kier alpha value is -1.83. The van der Waals surface area contributed by atoms with Gasteiger partial charge in [-0.25, -0.2) is 4.98 Å². The Kier molecular flexibility index (Phi) is 1.53. The minimum Gasteiger partial charge on any atom is -0.306 e. The van der Waals surface area contributed by atoms with Crippen LogP contribution >= 0.6 is 0 Å². The van der Waals surface area contributed by atoms with Crippen molar-refractivity contribution in [1.29, 1.82) is 0 Å². The minimum absolute atomic E-state index is 1.05. The van der Waals surface area contributed by atoms with Crippen molar-refractivity contribution in [3.8, 4) is 5.69 Å². The summed E-state index contributed by atoms with van der Waals surface area (Å²) in [5.41, 5.74) is 3.94. The van der Waals surface area contributed by atoms with E-state index in [4.69, 9.17) is 0 Å². The largest absolute Gasteiger partial charge is 0.306 e. The van der Waals surface area contributed by atoms with E-state index in [0.29, 0.717) is 0 Å². The van der Waals surface area contributed by atoms with Gasteiger partial charge in [-0.3, -0.25) is 0 Å². The van der Waals surface area contributed by atoms with Crippen molar-refractivity contribution >= 4 is 6.08 Å². The first-order valence-corrected chi connectivity index (χ1v) is 4.72. The third-order valence-corrected chi connectivity index (χ3v) is 2.58. The van der Waals surface area contributed by atoms with E-state index in [1.165, 1.54) is 16.8 Å². The van der Waals surface area contributed by atoms with Gasteiger partial charge in [-0.1, -0.05) is 24.3 Å². The average molecular weight is 182 g/mol. The molecule has 2 heteroatoms. The Morgan fingerprint density at radius 2 is 2.29 bits per heavy atom. The third kappa shape index (κ3) is 1.01. The quantitative estimate of drug-likeness (QED) is 0.662. The van der Waals surface area contributed by atoms with E-state index in [9.17, 15) is 0 Å². The van der Waals surface area contributed by atoms with Crippen molar-refractivity contribution in [2.75, 3.05) is 0 Å². The Balaban J connectivity index is 2.24. The molecule has 0 fully saturated rings. The second-order valence-corrected chi connectivity index (χ2v) is 3.43. The molecule has 0 unspecified atom stereocenters. The molecule has 0 spiro atoms. The number of nitrogens with zero attached hydrogens (tertiary/aromatic N) is 2. The number of benzene rings is 1. The molecule has 0 amide bonds. The van der Waals surface area contributed by atoms with Crippen molar-refractivity contribution < 1.29 is 0 Å². The number of fused-ring (bicyclic) bond motifs is 1. The molecule has 1 aliphatic carbocycles. The number of rotatable bonds is 1. The molecular weight excluding hydrogens is 172 g/mol. The Morgan fingerprint density at radius 1 is 1.29 bits per heavy atom. The SMILES string of the molecule is C1=Cc2c(cccc2-n2ccnc2)C1. The van der Waals surface area contributed by atoms with Crippen LogP contribution in [0.4, 0.5) is 0 Å². The minimum atomic E-state index is 1.05. The van der Waals surface area contributed by atoms with Gasteiger partial charge in [0.15, 0.2) is 0 Å². The monoisotopic (exact) mass is 182 g/mol. The fourth-order valence-electron chi connectivity index (χ4n) is 1.90. The van der Waals surface area contributed by atoms with Gasteiger partial charge in [0, 0.05) is 18.0 Å². The van der Waals surface area contributed by atoms with E-state index < -0.39 is 0 Å².